The van der Waals surface area contributed by atoms with Crippen LogP contribution in [0.3, 0.4) is 0 Å². The third-order valence-corrected chi connectivity index (χ3v) is 2.16. The van der Waals surface area contributed by atoms with Gasteiger partial charge in [-0.15, -0.1) is 0 Å². The lowest BCUT2D eigenvalue weighted by atomic mass is 10.0. The summed E-state index contributed by atoms with van der Waals surface area (Å²) < 4.78 is 26.7. The molecular weight excluding hydrogens is 210 g/mol. The minimum Gasteiger partial charge on any atom is -0.259 e. The molecule has 2 rings (SSSR count). The molecule has 2 nitrogen and oxygen atoms in total. The van der Waals surface area contributed by atoms with Crippen molar-refractivity contribution in [2.45, 2.75) is 0 Å². The van der Waals surface area contributed by atoms with Crippen molar-refractivity contribution in [3.05, 3.63) is 53.9 Å². The van der Waals surface area contributed by atoms with E-state index in [1.54, 1.807) is 0 Å². The molecular formula is C12H6F2N2. The summed E-state index contributed by atoms with van der Waals surface area (Å²) in [7, 11) is 0. The summed E-state index contributed by atoms with van der Waals surface area (Å²) in [4.78, 5) is 3.40. The monoisotopic (exact) mass is 216 g/mol. The van der Waals surface area contributed by atoms with Crippen molar-refractivity contribution in [2.24, 2.45) is 0 Å². The Kier molecular flexibility index (Phi) is 2.61. The molecule has 1 heterocycles. The van der Waals surface area contributed by atoms with Crippen molar-refractivity contribution in [1.29, 1.82) is 5.26 Å². The minimum atomic E-state index is -0.718. The molecule has 16 heavy (non-hydrogen) atoms. The molecule has 0 atom stereocenters. The molecule has 0 radical (unpaired) electrons. The molecule has 0 saturated heterocycles. The Labute approximate surface area is 90.8 Å². The highest BCUT2D eigenvalue weighted by Gasteiger charge is 2.11. The highest BCUT2D eigenvalue weighted by molar-refractivity contribution is 5.65. The average Bonchev–Trinajstić information content (AvgIpc) is 2.30. The van der Waals surface area contributed by atoms with Crippen molar-refractivity contribution in [3.8, 4) is 17.2 Å². The van der Waals surface area contributed by atoms with Crippen molar-refractivity contribution in [3.63, 3.8) is 0 Å². The Hall–Kier alpha value is -2.28. The van der Waals surface area contributed by atoms with Crippen LogP contribution in [0.4, 0.5) is 8.78 Å². The molecule has 0 aliphatic rings. The number of pyridine rings is 1. The number of halogens is 2. The van der Waals surface area contributed by atoms with Crippen LogP contribution in [0.15, 0.2) is 36.7 Å². The number of hydrogen-bond donors (Lipinski definition) is 0. The van der Waals surface area contributed by atoms with Crippen LogP contribution in [0, 0.1) is 23.0 Å². The van der Waals surface area contributed by atoms with Crippen LogP contribution in [0.2, 0.25) is 0 Å². The molecule has 0 amide bonds. The number of hydrogen-bond acceptors (Lipinski definition) is 2. The van der Waals surface area contributed by atoms with E-state index in [2.05, 4.69) is 4.98 Å². The second-order valence-electron chi connectivity index (χ2n) is 3.17. The van der Waals surface area contributed by atoms with Crippen molar-refractivity contribution < 1.29 is 8.78 Å². The van der Waals surface area contributed by atoms with E-state index in [4.69, 9.17) is 5.26 Å². The topological polar surface area (TPSA) is 36.7 Å². The van der Waals surface area contributed by atoms with Gasteiger partial charge in [0.1, 0.15) is 0 Å². The van der Waals surface area contributed by atoms with E-state index in [0.29, 0.717) is 11.1 Å². The highest BCUT2D eigenvalue weighted by atomic mass is 19.1. The lowest BCUT2D eigenvalue weighted by Crippen LogP contribution is -1.91. The molecule has 0 aliphatic heterocycles. The SMILES string of the molecule is N#Cc1ccc(-c2c(F)cncc2F)cc1. The van der Waals surface area contributed by atoms with E-state index in [9.17, 15) is 8.78 Å². The maximum Gasteiger partial charge on any atom is 0.152 e. The van der Waals surface area contributed by atoms with Gasteiger partial charge in [-0.25, -0.2) is 8.78 Å². The van der Waals surface area contributed by atoms with Crippen LogP contribution in [0.25, 0.3) is 11.1 Å². The smallest absolute Gasteiger partial charge is 0.152 e. The molecule has 0 unspecified atom stereocenters. The van der Waals surface area contributed by atoms with Gasteiger partial charge in [0.2, 0.25) is 0 Å². The van der Waals surface area contributed by atoms with E-state index < -0.39 is 11.6 Å². The summed E-state index contributed by atoms with van der Waals surface area (Å²) in [6, 6.07) is 7.95. The molecule has 78 valence electrons. The van der Waals surface area contributed by atoms with Gasteiger partial charge in [-0.3, -0.25) is 4.98 Å². The molecule has 1 aromatic carbocycles. The second-order valence-corrected chi connectivity index (χ2v) is 3.17. The molecule has 4 heteroatoms. The number of nitrogens with zero attached hydrogens (tertiary/aromatic N) is 2. The number of benzene rings is 1. The summed E-state index contributed by atoms with van der Waals surface area (Å²) in [6.07, 6.45) is 1.91. The van der Waals surface area contributed by atoms with Gasteiger partial charge >= 0.3 is 0 Å². The number of aromatic nitrogens is 1. The predicted molar refractivity (Wildman–Crippen MR) is 54.3 cm³/mol. The first-order valence-electron chi connectivity index (χ1n) is 4.52. The van der Waals surface area contributed by atoms with Crippen molar-refractivity contribution in [1.82, 2.24) is 4.98 Å². The summed E-state index contributed by atoms with van der Waals surface area (Å²) in [5, 5.41) is 8.60. The first-order chi connectivity index (χ1) is 7.72. The molecule has 0 aliphatic carbocycles. The molecule has 0 saturated carbocycles. The zero-order valence-electron chi connectivity index (χ0n) is 8.11. The molecule has 1 aromatic heterocycles. The first-order valence-corrected chi connectivity index (χ1v) is 4.52. The summed E-state index contributed by atoms with van der Waals surface area (Å²) in [6.45, 7) is 0. The van der Waals surface area contributed by atoms with Gasteiger partial charge in [0.15, 0.2) is 11.6 Å². The molecule has 2 aromatic rings. The first kappa shape index (κ1) is 10.2. The summed E-state index contributed by atoms with van der Waals surface area (Å²) in [5.41, 5.74) is 0.703. The number of rotatable bonds is 1. The fourth-order valence-electron chi connectivity index (χ4n) is 1.40. The van der Waals surface area contributed by atoms with Gasteiger partial charge in [0.25, 0.3) is 0 Å². The van der Waals surface area contributed by atoms with Gasteiger partial charge in [0, 0.05) is 0 Å². The summed E-state index contributed by atoms with van der Waals surface area (Å²) >= 11 is 0. The van der Waals surface area contributed by atoms with Crippen molar-refractivity contribution >= 4 is 0 Å². The highest BCUT2D eigenvalue weighted by Crippen LogP contribution is 2.25. The second kappa shape index (κ2) is 4.07. The van der Waals surface area contributed by atoms with E-state index >= 15 is 0 Å². The Balaban J connectivity index is 2.55. The summed E-state index contributed by atoms with van der Waals surface area (Å²) in [5.74, 6) is -1.44. The third-order valence-electron chi connectivity index (χ3n) is 2.16. The Morgan fingerprint density at radius 1 is 1.00 bits per heavy atom. The van der Waals surface area contributed by atoms with Crippen LogP contribution in [-0.2, 0) is 0 Å². The Morgan fingerprint density at radius 3 is 2.06 bits per heavy atom. The quantitative estimate of drug-likeness (QED) is 0.734. The van der Waals surface area contributed by atoms with E-state index in [0.717, 1.165) is 12.4 Å². The normalized spacial score (nSPS) is 9.81. The van der Waals surface area contributed by atoms with Gasteiger partial charge in [-0.05, 0) is 17.7 Å². The van der Waals surface area contributed by atoms with E-state index in [1.807, 2.05) is 6.07 Å². The standard InChI is InChI=1S/C12H6F2N2/c13-10-6-16-7-11(14)12(10)9-3-1-8(5-15)2-4-9/h1-4,6-7H. The minimum absolute atomic E-state index is 0.125. The molecule has 0 N–H and O–H groups in total. The van der Waals surface area contributed by atoms with Crippen LogP contribution >= 0.6 is 0 Å². The molecule has 0 bridgehead atoms. The van der Waals surface area contributed by atoms with Crippen LogP contribution in [-0.4, -0.2) is 4.98 Å². The predicted octanol–water partition coefficient (Wildman–Crippen LogP) is 2.90. The van der Waals surface area contributed by atoms with Crippen LogP contribution in [0.5, 0.6) is 0 Å². The van der Waals surface area contributed by atoms with Crippen LogP contribution in [0.1, 0.15) is 5.56 Å². The zero-order chi connectivity index (χ0) is 11.5. The molecule has 0 spiro atoms. The van der Waals surface area contributed by atoms with Gasteiger partial charge in [-0.2, -0.15) is 5.26 Å². The maximum absolute atomic E-state index is 13.4. The van der Waals surface area contributed by atoms with E-state index in [-0.39, 0.29) is 5.56 Å². The zero-order valence-corrected chi connectivity index (χ0v) is 8.11. The largest absolute Gasteiger partial charge is 0.259 e. The third kappa shape index (κ3) is 1.75. The van der Waals surface area contributed by atoms with E-state index in [1.165, 1.54) is 24.3 Å². The van der Waals surface area contributed by atoms with Gasteiger partial charge in [0.05, 0.1) is 29.6 Å². The fourth-order valence-corrected chi connectivity index (χ4v) is 1.40. The molecule has 0 fully saturated rings. The fraction of sp³-hybridized carbons (Fsp3) is 0. The van der Waals surface area contributed by atoms with Crippen LogP contribution < -0.4 is 0 Å². The average molecular weight is 216 g/mol. The maximum atomic E-state index is 13.4. The van der Waals surface area contributed by atoms with Gasteiger partial charge in [-0.1, -0.05) is 12.1 Å². The van der Waals surface area contributed by atoms with Crippen molar-refractivity contribution in [2.75, 3.05) is 0 Å². The number of nitriles is 1. The lowest BCUT2D eigenvalue weighted by Gasteiger charge is -2.03. The van der Waals surface area contributed by atoms with Gasteiger partial charge < -0.3 is 0 Å². The Bertz CT molecular complexity index is 536. The Morgan fingerprint density at radius 2 is 1.56 bits per heavy atom. The lowest BCUT2D eigenvalue weighted by molar-refractivity contribution is 0.579.